The molecule has 2 rings (SSSR count). The van der Waals surface area contributed by atoms with Crippen LogP contribution < -0.4 is 5.73 Å². The Morgan fingerprint density at radius 3 is 2.86 bits per heavy atom. The van der Waals surface area contributed by atoms with E-state index in [0.717, 1.165) is 17.7 Å². The van der Waals surface area contributed by atoms with Crippen molar-refractivity contribution in [1.82, 2.24) is 5.06 Å². The van der Waals surface area contributed by atoms with E-state index in [-0.39, 0.29) is 5.91 Å². The van der Waals surface area contributed by atoms with Crippen molar-refractivity contribution < 1.29 is 9.63 Å². The number of hydrogen-bond acceptors (Lipinski definition) is 4. The van der Waals surface area contributed by atoms with Crippen molar-refractivity contribution in [3.63, 3.8) is 0 Å². The minimum Gasteiger partial charge on any atom is -0.387 e. The highest BCUT2D eigenvalue weighted by molar-refractivity contribution is 6.05. The Hall–Kier alpha value is -2.14. The summed E-state index contributed by atoms with van der Waals surface area (Å²) >= 11 is 0. The minimum absolute atomic E-state index is 0.145. The molecule has 112 valence electrons. The molecule has 5 nitrogen and oxygen atoms in total. The van der Waals surface area contributed by atoms with Crippen molar-refractivity contribution in [2.45, 2.75) is 26.7 Å². The molecule has 0 fully saturated rings. The third kappa shape index (κ3) is 3.70. The summed E-state index contributed by atoms with van der Waals surface area (Å²) in [4.78, 5) is 22.4. The highest BCUT2D eigenvalue weighted by Gasteiger charge is 2.21. The molecule has 5 heteroatoms. The average molecular weight is 287 g/mol. The number of carbonyl (C=O) groups is 1. The Morgan fingerprint density at radius 1 is 1.38 bits per heavy atom. The summed E-state index contributed by atoms with van der Waals surface area (Å²) in [6.45, 7) is 4.89. The number of benzene rings is 1. The van der Waals surface area contributed by atoms with Crippen molar-refractivity contribution in [3.05, 3.63) is 35.4 Å². The van der Waals surface area contributed by atoms with Crippen molar-refractivity contribution in [3.8, 4) is 0 Å². The molecule has 0 aromatic heterocycles. The fourth-order valence-corrected chi connectivity index (χ4v) is 2.22. The molecule has 1 aromatic rings. The normalized spacial score (nSPS) is 13.8. The first-order valence-electron chi connectivity index (χ1n) is 7.23. The first-order valence-corrected chi connectivity index (χ1v) is 7.23. The van der Waals surface area contributed by atoms with E-state index in [9.17, 15) is 4.79 Å². The van der Waals surface area contributed by atoms with Gasteiger partial charge in [0.05, 0.1) is 12.3 Å². The largest absolute Gasteiger partial charge is 0.387 e. The molecule has 0 aliphatic carbocycles. The molecule has 1 aliphatic rings. The van der Waals surface area contributed by atoms with Gasteiger partial charge in [0.15, 0.2) is 0 Å². The molecule has 0 radical (unpaired) electrons. The summed E-state index contributed by atoms with van der Waals surface area (Å²) in [5.74, 6) is 0.293. The molecular formula is C16H21N3O2. The molecule has 0 saturated carbocycles. The molecule has 1 heterocycles. The molecular weight excluding hydrogens is 266 g/mol. The van der Waals surface area contributed by atoms with Gasteiger partial charge in [0.1, 0.15) is 5.84 Å². The number of rotatable bonds is 5. The van der Waals surface area contributed by atoms with Gasteiger partial charge in [-0.3, -0.25) is 9.63 Å². The lowest BCUT2D eigenvalue weighted by Gasteiger charge is -2.21. The van der Waals surface area contributed by atoms with Crippen molar-refractivity contribution in [2.75, 3.05) is 13.2 Å². The van der Waals surface area contributed by atoms with Gasteiger partial charge in [-0.2, -0.15) is 0 Å². The molecule has 0 saturated heterocycles. The summed E-state index contributed by atoms with van der Waals surface area (Å²) < 4.78 is 0. The minimum atomic E-state index is -0.145. The van der Waals surface area contributed by atoms with Crippen LogP contribution in [0.5, 0.6) is 0 Å². The Labute approximate surface area is 125 Å². The summed E-state index contributed by atoms with van der Waals surface area (Å²) in [7, 11) is 0. The fourth-order valence-electron chi connectivity index (χ4n) is 2.22. The molecule has 0 unspecified atom stereocenters. The van der Waals surface area contributed by atoms with E-state index < -0.39 is 0 Å². The van der Waals surface area contributed by atoms with Gasteiger partial charge in [-0.25, -0.2) is 10.1 Å². The number of aliphatic imine (C=N–C) groups is 1. The molecule has 0 spiro atoms. The van der Waals surface area contributed by atoms with Crippen LogP contribution in [0.1, 0.15) is 32.3 Å². The lowest BCUT2D eigenvalue weighted by molar-refractivity contribution is -0.180. The van der Waals surface area contributed by atoms with Crippen molar-refractivity contribution in [1.29, 1.82) is 0 Å². The summed E-state index contributed by atoms with van der Waals surface area (Å²) in [6, 6.07) is 7.63. The number of amides is 1. The van der Waals surface area contributed by atoms with Crippen LogP contribution in [-0.4, -0.2) is 30.0 Å². The summed E-state index contributed by atoms with van der Waals surface area (Å²) in [6.07, 6.45) is 3.02. The van der Waals surface area contributed by atoms with E-state index in [1.165, 1.54) is 5.06 Å². The number of para-hydroxylation sites is 1. The number of carbonyl (C=O) groups excluding carboxylic acids is 1. The number of amidine groups is 1. The van der Waals surface area contributed by atoms with Crippen LogP contribution in [-0.2, 0) is 9.63 Å². The zero-order valence-corrected chi connectivity index (χ0v) is 12.5. The highest BCUT2D eigenvalue weighted by atomic mass is 16.7. The molecule has 1 aliphatic heterocycles. The number of fused-ring (bicyclic) bond motifs is 1. The first kappa shape index (κ1) is 15.3. The first-order chi connectivity index (χ1) is 10.2. The van der Waals surface area contributed by atoms with Crippen LogP contribution in [0, 0.1) is 0 Å². The van der Waals surface area contributed by atoms with E-state index in [1.54, 1.807) is 0 Å². The van der Waals surface area contributed by atoms with E-state index in [1.807, 2.05) is 44.2 Å². The third-order valence-corrected chi connectivity index (χ3v) is 3.11. The quantitative estimate of drug-likeness (QED) is 0.846. The molecule has 0 bridgehead atoms. The second-order valence-electron chi connectivity index (χ2n) is 4.83. The van der Waals surface area contributed by atoms with E-state index in [0.29, 0.717) is 31.0 Å². The number of hydroxylamine groups is 2. The van der Waals surface area contributed by atoms with Gasteiger partial charge >= 0.3 is 0 Å². The zero-order chi connectivity index (χ0) is 15.2. The van der Waals surface area contributed by atoms with Gasteiger partial charge < -0.3 is 5.73 Å². The Balaban J connectivity index is 2.33. The number of hydrogen-bond donors (Lipinski definition) is 1. The molecule has 2 N–H and O–H groups in total. The van der Waals surface area contributed by atoms with Crippen LogP contribution in [0.3, 0.4) is 0 Å². The maximum atomic E-state index is 12.6. The fraction of sp³-hybridized carbons (Fsp3) is 0.375. The molecule has 1 amide bonds. The molecule has 1 aromatic carbocycles. The van der Waals surface area contributed by atoms with E-state index >= 15 is 0 Å². The second-order valence-corrected chi connectivity index (χ2v) is 4.83. The lowest BCUT2D eigenvalue weighted by atomic mass is 10.1. The molecule has 0 atom stereocenters. The predicted molar refractivity (Wildman–Crippen MR) is 83.9 cm³/mol. The Bertz CT molecular complexity index is 573. The van der Waals surface area contributed by atoms with Gasteiger partial charge in [0.2, 0.25) is 0 Å². The van der Waals surface area contributed by atoms with Crippen molar-refractivity contribution >= 4 is 23.5 Å². The maximum absolute atomic E-state index is 12.6. The van der Waals surface area contributed by atoms with Gasteiger partial charge in [0, 0.05) is 24.1 Å². The van der Waals surface area contributed by atoms with E-state index in [2.05, 4.69) is 4.99 Å². The van der Waals surface area contributed by atoms with Crippen molar-refractivity contribution in [2.24, 2.45) is 10.7 Å². The van der Waals surface area contributed by atoms with Gasteiger partial charge in [0.25, 0.3) is 5.91 Å². The predicted octanol–water partition coefficient (Wildman–Crippen LogP) is 2.65. The monoisotopic (exact) mass is 287 g/mol. The summed E-state index contributed by atoms with van der Waals surface area (Å²) in [5.41, 5.74) is 8.21. The third-order valence-electron chi connectivity index (χ3n) is 3.11. The van der Waals surface area contributed by atoms with Crippen LogP contribution >= 0.6 is 0 Å². The standard InChI is InChI=1S/C16H21N3O2/c1-3-9-19(21-4-2)16(20)13-10-12-7-5-6-8-14(12)18-15(17)11-13/h5-8,10H,3-4,9,11H2,1-2H3,(H2,17,18). The average Bonchev–Trinajstić information content (AvgIpc) is 2.64. The maximum Gasteiger partial charge on any atom is 0.273 e. The van der Waals surface area contributed by atoms with Crippen LogP contribution in [0.15, 0.2) is 34.8 Å². The lowest BCUT2D eigenvalue weighted by Crippen LogP contribution is -2.34. The topological polar surface area (TPSA) is 67.9 Å². The second kappa shape index (κ2) is 7.04. The number of nitrogens with zero attached hydrogens (tertiary/aromatic N) is 2. The van der Waals surface area contributed by atoms with Crippen LogP contribution in [0.25, 0.3) is 6.08 Å². The van der Waals surface area contributed by atoms with E-state index in [4.69, 9.17) is 10.6 Å². The Morgan fingerprint density at radius 2 is 2.14 bits per heavy atom. The Kier molecular flexibility index (Phi) is 5.11. The highest BCUT2D eigenvalue weighted by Crippen LogP contribution is 2.26. The zero-order valence-electron chi connectivity index (χ0n) is 12.5. The van der Waals surface area contributed by atoms with Gasteiger partial charge in [-0.15, -0.1) is 0 Å². The number of nitrogens with two attached hydrogens (primary N) is 1. The summed E-state index contributed by atoms with van der Waals surface area (Å²) in [5, 5.41) is 1.41. The van der Waals surface area contributed by atoms with Crippen LogP contribution in [0.2, 0.25) is 0 Å². The SMILES string of the molecule is CCCN(OCC)C(=O)C1=Cc2ccccc2N=C(N)C1. The van der Waals surface area contributed by atoms with Gasteiger partial charge in [-0.1, -0.05) is 25.1 Å². The van der Waals surface area contributed by atoms with Gasteiger partial charge in [-0.05, 0) is 25.5 Å². The smallest absolute Gasteiger partial charge is 0.273 e. The van der Waals surface area contributed by atoms with Crippen LogP contribution in [0.4, 0.5) is 5.69 Å². The molecule has 21 heavy (non-hydrogen) atoms.